The average molecular weight is 484 g/mol. The summed E-state index contributed by atoms with van der Waals surface area (Å²) in [6.07, 6.45) is 1.68. The lowest BCUT2D eigenvalue weighted by Crippen LogP contribution is -2.48. The molecule has 1 amide bonds. The molecule has 0 aliphatic carbocycles. The van der Waals surface area contributed by atoms with Crippen LogP contribution >= 0.6 is 11.8 Å². The minimum Gasteiger partial charge on any atom is -0.494 e. The quantitative estimate of drug-likeness (QED) is 0.452. The third-order valence-corrected chi connectivity index (χ3v) is 6.95. The van der Waals surface area contributed by atoms with Gasteiger partial charge in [-0.2, -0.15) is 0 Å². The summed E-state index contributed by atoms with van der Waals surface area (Å²) >= 11 is 1.40. The summed E-state index contributed by atoms with van der Waals surface area (Å²) in [6, 6.07) is 13.4. The van der Waals surface area contributed by atoms with E-state index in [2.05, 4.69) is 53.2 Å². The number of aromatic nitrogens is 3. The van der Waals surface area contributed by atoms with Gasteiger partial charge in [0.05, 0.1) is 12.9 Å². The van der Waals surface area contributed by atoms with Crippen molar-refractivity contribution in [1.29, 1.82) is 0 Å². The summed E-state index contributed by atoms with van der Waals surface area (Å²) < 4.78 is 20.8. The van der Waals surface area contributed by atoms with Crippen molar-refractivity contribution in [2.75, 3.05) is 39.0 Å². The molecule has 1 fully saturated rings. The van der Waals surface area contributed by atoms with E-state index in [1.807, 2.05) is 15.5 Å². The van der Waals surface area contributed by atoms with E-state index in [1.165, 1.54) is 30.5 Å². The van der Waals surface area contributed by atoms with Gasteiger partial charge in [-0.15, -0.1) is 10.2 Å². The summed E-state index contributed by atoms with van der Waals surface area (Å²) in [6.45, 7) is 7.79. The fraction of sp³-hybridized carbons (Fsp3) is 0.400. The Morgan fingerprint density at radius 2 is 1.85 bits per heavy atom. The number of piperazine rings is 1. The number of hydrogen-bond donors (Lipinski definition) is 0. The van der Waals surface area contributed by atoms with Crippen molar-refractivity contribution in [3.8, 4) is 11.4 Å². The van der Waals surface area contributed by atoms with E-state index in [0.29, 0.717) is 36.5 Å². The standard InChI is InChI=1S/C25H30FN5O2S/c1-18(2)20-5-7-21(8-6-20)31-17-27-28-25(31)34-16-24(32)30-12-10-29(11-13-30)15-19-4-9-23(33-3)22(26)14-19/h4-9,14,17-18H,10-13,15-16H2,1-3H3. The number of amides is 1. The van der Waals surface area contributed by atoms with Gasteiger partial charge in [0.2, 0.25) is 5.91 Å². The highest BCUT2D eigenvalue weighted by Crippen LogP contribution is 2.23. The lowest BCUT2D eigenvalue weighted by Gasteiger charge is -2.34. The molecule has 1 aliphatic heterocycles. The zero-order valence-corrected chi connectivity index (χ0v) is 20.6. The molecule has 2 heterocycles. The lowest BCUT2D eigenvalue weighted by atomic mass is 10.0. The Hall–Kier alpha value is -2.91. The van der Waals surface area contributed by atoms with Gasteiger partial charge in [0, 0.05) is 38.4 Å². The van der Waals surface area contributed by atoms with Gasteiger partial charge in [-0.05, 0) is 41.3 Å². The Morgan fingerprint density at radius 1 is 1.12 bits per heavy atom. The second-order valence-corrected chi connectivity index (χ2v) is 9.59. The third-order valence-electron chi connectivity index (χ3n) is 6.03. The number of carbonyl (C=O) groups excluding carboxylic acids is 1. The van der Waals surface area contributed by atoms with Crippen LogP contribution in [0.2, 0.25) is 0 Å². The van der Waals surface area contributed by atoms with Crippen molar-refractivity contribution in [3.63, 3.8) is 0 Å². The first-order valence-electron chi connectivity index (χ1n) is 11.4. The van der Waals surface area contributed by atoms with Crippen LogP contribution in [-0.4, -0.2) is 69.5 Å². The van der Waals surface area contributed by atoms with E-state index in [4.69, 9.17) is 4.74 Å². The van der Waals surface area contributed by atoms with Crippen LogP contribution in [0, 0.1) is 5.82 Å². The molecule has 0 saturated carbocycles. The second-order valence-electron chi connectivity index (χ2n) is 8.64. The van der Waals surface area contributed by atoms with Crippen LogP contribution in [0.3, 0.4) is 0 Å². The van der Waals surface area contributed by atoms with E-state index in [0.717, 1.165) is 24.3 Å². The van der Waals surface area contributed by atoms with E-state index in [9.17, 15) is 9.18 Å². The molecule has 0 spiro atoms. The molecule has 2 aromatic carbocycles. The molecule has 1 aliphatic rings. The fourth-order valence-corrected chi connectivity index (χ4v) is 4.79. The molecule has 4 rings (SSSR count). The van der Waals surface area contributed by atoms with Gasteiger partial charge in [0.1, 0.15) is 6.33 Å². The number of benzene rings is 2. The third kappa shape index (κ3) is 5.77. The highest BCUT2D eigenvalue weighted by Gasteiger charge is 2.22. The molecule has 0 radical (unpaired) electrons. The van der Waals surface area contributed by atoms with Crippen LogP contribution in [0.1, 0.15) is 30.9 Å². The molecule has 0 bridgehead atoms. The highest BCUT2D eigenvalue weighted by atomic mass is 32.2. The van der Waals surface area contributed by atoms with Crippen LogP contribution in [0.15, 0.2) is 53.9 Å². The fourth-order valence-electron chi connectivity index (χ4n) is 3.96. The van der Waals surface area contributed by atoms with Crippen LogP contribution in [0.5, 0.6) is 5.75 Å². The van der Waals surface area contributed by atoms with Crippen LogP contribution in [0.25, 0.3) is 5.69 Å². The monoisotopic (exact) mass is 483 g/mol. The Labute approximate surface area is 203 Å². The number of halogens is 1. The smallest absolute Gasteiger partial charge is 0.233 e. The second kappa shape index (κ2) is 11.0. The molecule has 7 nitrogen and oxygen atoms in total. The van der Waals surface area contributed by atoms with Gasteiger partial charge >= 0.3 is 0 Å². The molecule has 34 heavy (non-hydrogen) atoms. The maximum atomic E-state index is 14.0. The number of rotatable bonds is 8. The highest BCUT2D eigenvalue weighted by molar-refractivity contribution is 7.99. The predicted octanol–water partition coefficient (Wildman–Crippen LogP) is 3.97. The van der Waals surface area contributed by atoms with Crippen LogP contribution < -0.4 is 4.74 Å². The Balaban J connectivity index is 1.27. The first kappa shape index (κ1) is 24.2. The minimum absolute atomic E-state index is 0.0878. The van der Waals surface area contributed by atoms with Crippen LogP contribution in [-0.2, 0) is 11.3 Å². The number of nitrogens with zero attached hydrogens (tertiary/aromatic N) is 5. The van der Waals surface area contributed by atoms with Crippen LogP contribution in [0.4, 0.5) is 4.39 Å². The van der Waals surface area contributed by atoms with Crippen molar-refractivity contribution < 1.29 is 13.9 Å². The summed E-state index contributed by atoms with van der Waals surface area (Å²) in [5.41, 5.74) is 3.15. The topological polar surface area (TPSA) is 63.5 Å². The first-order valence-corrected chi connectivity index (χ1v) is 12.4. The van der Waals surface area contributed by atoms with Crippen molar-refractivity contribution >= 4 is 17.7 Å². The van der Waals surface area contributed by atoms with E-state index in [1.54, 1.807) is 12.4 Å². The molecule has 0 N–H and O–H groups in total. The van der Waals surface area contributed by atoms with Crippen molar-refractivity contribution in [1.82, 2.24) is 24.6 Å². The molecule has 9 heteroatoms. The predicted molar refractivity (Wildman–Crippen MR) is 131 cm³/mol. The Morgan fingerprint density at radius 3 is 2.50 bits per heavy atom. The number of methoxy groups -OCH3 is 1. The number of thioether (sulfide) groups is 1. The zero-order chi connectivity index (χ0) is 24.1. The lowest BCUT2D eigenvalue weighted by molar-refractivity contribution is -0.130. The summed E-state index contributed by atoms with van der Waals surface area (Å²) in [7, 11) is 1.46. The molecule has 0 atom stereocenters. The van der Waals surface area contributed by atoms with Gasteiger partial charge in [-0.3, -0.25) is 14.3 Å². The van der Waals surface area contributed by atoms with Gasteiger partial charge in [-0.1, -0.05) is 43.8 Å². The minimum atomic E-state index is -0.352. The Kier molecular flexibility index (Phi) is 7.84. The normalized spacial score (nSPS) is 14.6. The molecule has 3 aromatic rings. The molecule has 1 aromatic heterocycles. The average Bonchev–Trinajstić information content (AvgIpc) is 3.32. The SMILES string of the molecule is COc1ccc(CN2CCN(C(=O)CSc3nncn3-c3ccc(C(C)C)cc3)CC2)cc1F. The zero-order valence-electron chi connectivity index (χ0n) is 19.8. The van der Waals surface area contributed by atoms with Gasteiger partial charge in [-0.25, -0.2) is 4.39 Å². The molecule has 1 saturated heterocycles. The number of carbonyl (C=O) groups is 1. The molecule has 180 valence electrons. The van der Waals surface area contributed by atoms with E-state index in [-0.39, 0.29) is 17.5 Å². The van der Waals surface area contributed by atoms with Crippen molar-refractivity contribution in [2.24, 2.45) is 0 Å². The van der Waals surface area contributed by atoms with E-state index < -0.39 is 0 Å². The number of hydrogen-bond acceptors (Lipinski definition) is 6. The largest absolute Gasteiger partial charge is 0.494 e. The maximum Gasteiger partial charge on any atom is 0.233 e. The Bertz CT molecular complexity index is 1110. The maximum absolute atomic E-state index is 14.0. The molecule has 0 unspecified atom stereocenters. The first-order chi connectivity index (χ1) is 16.4. The number of ether oxygens (including phenoxy) is 1. The van der Waals surface area contributed by atoms with Gasteiger partial charge in [0.25, 0.3) is 0 Å². The van der Waals surface area contributed by atoms with E-state index >= 15 is 0 Å². The summed E-state index contributed by atoms with van der Waals surface area (Å²) in [5.74, 6) is 0.769. The molecular weight excluding hydrogens is 453 g/mol. The van der Waals surface area contributed by atoms with Gasteiger partial charge < -0.3 is 9.64 Å². The van der Waals surface area contributed by atoms with Gasteiger partial charge in [0.15, 0.2) is 16.7 Å². The van der Waals surface area contributed by atoms with Crippen molar-refractivity contribution in [2.45, 2.75) is 31.5 Å². The van der Waals surface area contributed by atoms with Crippen molar-refractivity contribution in [3.05, 3.63) is 65.7 Å². The summed E-state index contributed by atoms with van der Waals surface area (Å²) in [4.78, 5) is 16.9. The molecular formula is C25H30FN5O2S. The summed E-state index contributed by atoms with van der Waals surface area (Å²) in [5, 5.41) is 8.94.